The lowest BCUT2D eigenvalue weighted by Crippen LogP contribution is -2.55. The monoisotopic (exact) mass is 369 g/mol. The number of carbonyl (C=O) groups excluding carboxylic acids is 1. The Hall–Kier alpha value is -2.67. The summed E-state index contributed by atoms with van der Waals surface area (Å²) in [5.41, 5.74) is -0.0238. The number of hydrogen-bond acceptors (Lipinski definition) is 4. The molecule has 0 bridgehead atoms. The fourth-order valence-electron chi connectivity index (χ4n) is 3.75. The van der Waals surface area contributed by atoms with Gasteiger partial charge in [0, 0.05) is 24.0 Å². The fourth-order valence-corrected chi connectivity index (χ4v) is 3.75. The zero-order chi connectivity index (χ0) is 19.0. The van der Waals surface area contributed by atoms with Gasteiger partial charge >= 0.3 is 5.97 Å². The number of aromatic amines is 1. The van der Waals surface area contributed by atoms with Crippen molar-refractivity contribution in [2.24, 2.45) is 5.92 Å². The minimum absolute atomic E-state index is 0.00738. The summed E-state index contributed by atoms with van der Waals surface area (Å²) >= 11 is 0. The summed E-state index contributed by atoms with van der Waals surface area (Å²) in [6.45, 7) is 0.884. The molecule has 0 saturated heterocycles. The van der Waals surface area contributed by atoms with Gasteiger partial charge in [0.1, 0.15) is 5.69 Å². The maximum atomic E-state index is 12.5. The molecule has 2 saturated carbocycles. The highest BCUT2D eigenvalue weighted by Gasteiger charge is 2.37. The molecule has 3 N–H and O–H groups in total. The first-order valence-electron chi connectivity index (χ1n) is 9.38. The SMILES string of the molecule is O=C(O)CN(CC1CC1)C1CC(NC(=O)c2cc3ccccc3c(=O)[nH]2)C1. The third-order valence-electron chi connectivity index (χ3n) is 5.49. The molecule has 0 radical (unpaired) electrons. The molecule has 7 heteroatoms. The smallest absolute Gasteiger partial charge is 0.317 e. The molecule has 0 spiro atoms. The summed E-state index contributed by atoms with van der Waals surface area (Å²) in [7, 11) is 0. The van der Waals surface area contributed by atoms with Crippen molar-refractivity contribution < 1.29 is 14.7 Å². The number of hydrogen-bond donors (Lipinski definition) is 3. The Balaban J connectivity index is 1.37. The van der Waals surface area contributed by atoms with E-state index in [0.29, 0.717) is 11.3 Å². The van der Waals surface area contributed by atoms with Crippen molar-refractivity contribution in [3.05, 3.63) is 46.4 Å². The second kappa shape index (κ2) is 7.15. The molecule has 7 nitrogen and oxygen atoms in total. The summed E-state index contributed by atoms with van der Waals surface area (Å²) in [6, 6.07) is 9.04. The van der Waals surface area contributed by atoms with Crippen LogP contribution in [0.5, 0.6) is 0 Å². The number of nitrogens with zero attached hydrogens (tertiary/aromatic N) is 1. The highest BCUT2D eigenvalue weighted by Crippen LogP contribution is 2.33. The Morgan fingerprint density at radius 3 is 2.67 bits per heavy atom. The van der Waals surface area contributed by atoms with Crippen LogP contribution in [0.1, 0.15) is 36.2 Å². The Kier molecular flexibility index (Phi) is 4.70. The molecule has 142 valence electrons. The molecule has 27 heavy (non-hydrogen) atoms. The second-order valence-corrected chi connectivity index (χ2v) is 7.66. The van der Waals surface area contributed by atoms with Gasteiger partial charge < -0.3 is 15.4 Å². The zero-order valence-corrected chi connectivity index (χ0v) is 15.0. The number of fused-ring (bicyclic) bond motifs is 1. The number of carbonyl (C=O) groups is 2. The molecule has 0 aliphatic heterocycles. The van der Waals surface area contributed by atoms with Crippen LogP contribution >= 0.6 is 0 Å². The lowest BCUT2D eigenvalue weighted by molar-refractivity contribution is -0.139. The highest BCUT2D eigenvalue weighted by molar-refractivity contribution is 5.96. The maximum Gasteiger partial charge on any atom is 0.317 e. The average molecular weight is 369 g/mol. The zero-order valence-electron chi connectivity index (χ0n) is 15.0. The van der Waals surface area contributed by atoms with Crippen molar-refractivity contribution in [2.75, 3.05) is 13.1 Å². The van der Waals surface area contributed by atoms with Gasteiger partial charge in [-0.15, -0.1) is 0 Å². The predicted molar refractivity (Wildman–Crippen MR) is 101 cm³/mol. The first kappa shape index (κ1) is 17.7. The van der Waals surface area contributed by atoms with Crippen molar-refractivity contribution >= 4 is 22.6 Å². The van der Waals surface area contributed by atoms with E-state index in [4.69, 9.17) is 5.11 Å². The molecular formula is C20H23N3O4. The Morgan fingerprint density at radius 2 is 1.96 bits per heavy atom. The quantitative estimate of drug-likeness (QED) is 0.688. The molecule has 1 aromatic heterocycles. The van der Waals surface area contributed by atoms with E-state index in [1.807, 2.05) is 17.0 Å². The number of nitrogens with one attached hydrogen (secondary N) is 2. The van der Waals surface area contributed by atoms with E-state index in [9.17, 15) is 14.4 Å². The van der Waals surface area contributed by atoms with Crippen LogP contribution < -0.4 is 10.9 Å². The molecule has 2 aliphatic carbocycles. The van der Waals surface area contributed by atoms with Crippen LogP contribution in [0.4, 0.5) is 0 Å². The largest absolute Gasteiger partial charge is 0.480 e. The van der Waals surface area contributed by atoms with Gasteiger partial charge in [-0.1, -0.05) is 18.2 Å². The minimum atomic E-state index is -0.808. The molecule has 1 aromatic carbocycles. The van der Waals surface area contributed by atoms with Gasteiger partial charge in [0.05, 0.1) is 6.54 Å². The van der Waals surface area contributed by atoms with Gasteiger partial charge in [0.15, 0.2) is 0 Å². The van der Waals surface area contributed by atoms with Gasteiger partial charge in [-0.05, 0) is 49.1 Å². The average Bonchev–Trinajstić information content (AvgIpc) is 3.40. The van der Waals surface area contributed by atoms with Crippen LogP contribution in [-0.4, -0.2) is 52.0 Å². The summed E-state index contributed by atoms with van der Waals surface area (Å²) in [4.78, 5) is 40.4. The van der Waals surface area contributed by atoms with Crippen molar-refractivity contribution in [2.45, 2.75) is 37.8 Å². The normalized spacial score (nSPS) is 21.8. The van der Waals surface area contributed by atoms with Crippen LogP contribution in [0.15, 0.2) is 35.1 Å². The van der Waals surface area contributed by atoms with E-state index in [1.54, 1.807) is 18.2 Å². The number of H-pyrrole nitrogens is 1. The fraction of sp³-hybridized carbons (Fsp3) is 0.450. The van der Waals surface area contributed by atoms with E-state index < -0.39 is 5.97 Å². The number of aliphatic carboxylic acids is 1. The van der Waals surface area contributed by atoms with Gasteiger partial charge in [0.2, 0.25) is 0 Å². The Bertz CT molecular complexity index is 928. The van der Waals surface area contributed by atoms with E-state index in [2.05, 4.69) is 10.3 Å². The summed E-state index contributed by atoms with van der Waals surface area (Å²) in [5.74, 6) is -0.481. The number of benzene rings is 1. The number of pyridine rings is 1. The lowest BCUT2D eigenvalue weighted by atomic mass is 9.85. The molecule has 0 atom stereocenters. The highest BCUT2D eigenvalue weighted by atomic mass is 16.4. The van der Waals surface area contributed by atoms with Crippen LogP contribution in [0, 0.1) is 5.92 Å². The topological polar surface area (TPSA) is 102 Å². The first-order valence-corrected chi connectivity index (χ1v) is 9.38. The van der Waals surface area contributed by atoms with Gasteiger partial charge in [-0.2, -0.15) is 0 Å². The third kappa shape index (κ3) is 4.03. The molecule has 4 rings (SSSR count). The van der Waals surface area contributed by atoms with Crippen LogP contribution in [0.2, 0.25) is 0 Å². The van der Waals surface area contributed by atoms with E-state index in [1.165, 1.54) is 12.8 Å². The molecule has 1 heterocycles. The third-order valence-corrected chi connectivity index (χ3v) is 5.49. The van der Waals surface area contributed by atoms with Crippen molar-refractivity contribution in [1.82, 2.24) is 15.2 Å². The van der Waals surface area contributed by atoms with E-state index in [0.717, 1.165) is 24.8 Å². The van der Waals surface area contributed by atoms with Gasteiger partial charge in [0.25, 0.3) is 11.5 Å². The van der Waals surface area contributed by atoms with Crippen molar-refractivity contribution in [1.29, 1.82) is 0 Å². The summed E-state index contributed by atoms with van der Waals surface area (Å²) < 4.78 is 0. The van der Waals surface area contributed by atoms with Gasteiger partial charge in [-0.25, -0.2) is 0 Å². The number of carboxylic acids is 1. The molecule has 0 unspecified atom stereocenters. The first-order chi connectivity index (χ1) is 13.0. The molecular weight excluding hydrogens is 346 g/mol. The molecule has 2 aliphatic rings. The number of amides is 1. The van der Waals surface area contributed by atoms with Crippen LogP contribution in [-0.2, 0) is 4.79 Å². The maximum absolute atomic E-state index is 12.5. The number of aromatic nitrogens is 1. The van der Waals surface area contributed by atoms with Crippen LogP contribution in [0.25, 0.3) is 10.8 Å². The number of rotatable bonds is 7. The van der Waals surface area contributed by atoms with Gasteiger partial charge in [-0.3, -0.25) is 19.3 Å². The molecule has 2 fully saturated rings. The molecule has 2 aromatic rings. The van der Waals surface area contributed by atoms with E-state index >= 15 is 0 Å². The van der Waals surface area contributed by atoms with E-state index in [-0.39, 0.29) is 35.8 Å². The number of carboxylic acid groups (broad SMARTS) is 1. The van der Waals surface area contributed by atoms with Crippen LogP contribution in [0.3, 0.4) is 0 Å². The Morgan fingerprint density at radius 1 is 1.22 bits per heavy atom. The second-order valence-electron chi connectivity index (χ2n) is 7.66. The summed E-state index contributed by atoms with van der Waals surface area (Å²) in [5, 5.41) is 13.4. The Labute approximate surface area is 156 Å². The summed E-state index contributed by atoms with van der Waals surface area (Å²) in [6.07, 6.45) is 3.84. The minimum Gasteiger partial charge on any atom is -0.480 e. The standard InChI is InChI=1S/C20H23N3O4/c24-18(25)11-23(10-12-5-6-12)15-8-14(9-15)21-20(27)17-7-13-3-1-2-4-16(13)19(26)22-17/h1-4,7,12,14-15H,5-6,8-11H2,(H,21,27)(H,22,26)(H,24,25). The lowest BCUT2D eigenvalue weighted by Gasteiger charge is -2.42. The molecule has 1 amide bonds. The van der Waals surface area contributed by atoms with Crippen molar-refractivity contribution in [3.8, 4) is 0 Å². The predicted octanol–water partition coefficient (Wildman–Crippen LogP) is 1.59. The van der Waals surface area contributed by atoms with Crippen molar-refractivity contribution in [3.63, 3.8) is 0 Å².